The number of allylic oxidation sites excluding steroid dienone is 2. The third-order valence-corrected chi connectivity index (χ3v) is 4.80. The Morgan fingerprint density at radius 2 is 1.83 bits per heavy atom. The zero-order chi connectivity index (χ0) is 17.4. The van der Waals surface area contributed by atoms with Gasteiger partial charge in [-0.15, -0.1) is 10.2 Å². The number of benzene rings is 1. The van der Waals surface area contributed by atoms with Crippen molar-refractivity contribution in [2.75, 3.05) is 0 Å². The summed E-state index contributed by atoms with van der Waals surface area (Å²) < 4.78 is 0. The lowest BCUT2D eigenvalue weighted by Gasteiger charge is -2.23. The summed E-state index contributed by atoms with van der Waals surface area (Å²) in [7, 11) is 0. The predicted octanol–water partition coefficient (Wildman–Crippen LogP) is 4.45. The third-order valence-electron chi connectivity index (χ3n) is 4.80. The molecule has 0 heterocycles. The zero-order valence-corrected chi connectivity index (χ0v) is 13.7. The van der Waals surface area contributed by atoms with Crippen LogP contribution in [0.3, 0.4) is 0 Å². The molecule has 0 aliphatic heterocycles. The second-order valence-electron chi connectivity index (χ2n) is 6.50. The molecular formula is C17H19N3O4. The fraction of sp³-hybridized carbons (Fsp3) is 0.471. The number of hydrogen-bond acceptors (Lipinski definition) is 6. The van der Waals surface area contributed by atoms with Crippen LogP contribution in [0, 0.1) is 35.8 Å². The molecule has 2 aliphatic carbocycles. The quantitative estimate of drug-likeness (QED) is 0.502. The minimum atomic E-state index is -0.515. The summed E-state index contributed by atoms with van der Waals surface area (Å²) in [5, 5.41) is 29.4. The second-order valence-corrected chi connectivity index (χ2v) is 6.50. The fourth-order valence-electron chi connectivity index (χ4n) is 3.66. The molecule has 7 nitrogen and oxygen atoms in total. The van der Waals surface area contributed by atoms with Gasteiger partial charge in [-0.1, -0.05) is 18.9 Å². The summed E-state index contributed by atoms with van der Waals surface area (Å²) in [4.78, 5) is 23.1. The highest BCUT2D eigenvalue weighted by atomic mass is 16.6. The van der Waals surface area contributed by atoms with E-state index in [0.29, 0.717) is 5.56 Å². The molecule has 1 aromatic rings. The van der Waals surface area contributed by atoms with Gasteiger partial charge in [0.05, 0.1) is 4.92 Å². The monoisotopic (exact) mass is 329 g/mol. The maximum absolute atomic E-state index is 12.4. The van der Waals surface area contributed by atoms with Crippen molar-refractivity contribution in [3.05, 3.63) is 44.8 Å². The van der Waals surface area contributed by atoms with Gasteiger partial charge in [-0.2, -0.15) is 0 Å². The van der Waals surface area contributed by atoms with E-state index in [1.165, 1.54) is 6.07 Å². The molecule has 126 valence electrons. The van der Waals surface area contributed by atoms with Crippen LogP contribution in [0.5, 0.6) is 0 Å². The number of rotatable bonds is 3. The van der Waals surface area contributed by atoms with E-state index in [4.69, 9.17) is 0 Å². The Kier molecular flexibility index (Phi) is 4.17. The molecule has 0 aromatic heterocycles. The Bertz CT molecular complexity index is 782. The van der Waals surface area contributed by atoms with E-state index in [1.807, 2.05) is 0 Å². The van der Waals surface area contributed by atoms with Crippen molar-refractivity contribution < 1.29 is 14.8 Å². The molecule has 2 atom stereocenters. The van der Waals surface area contributed by atoms with Gasteiger partial charge in [-0.05, 0) is 37.8 Å². The van der Waals surface area contributed by atoms with Gasteiger partial charge in [-0.3, -0.25) is 14.9 Å². The number of carbonyl (C=O) groups excluding carboxylic acids is 1. The molecule has 0 amide bonds. The molecule has 1 fully saturated rings. The maximum atomic E-state index is 12.4. The van der Waals surface area contributed by atoms with Crippen LogP contribution in [-0.4, -0.2) is 15.8 Å². The van der Waals surface area contributed by atoms with Gasteiger partial charge >= 0.3 is 0 Å². The lowest BCUT2D eigenvalue weighted by Crippen LogP contribution is -2.21. The summed E-state index contributed by atoms with van der Waals surface area (Å²) in [5.41, 5.74) is 1.28. The number of hydrogen-bond donors (Lipinski definition) is 1. The van der Waals surface area contributed by atoms with Crippen LogP contribution in [0.4, 0.5) is 11.4 Å². The number of fused-ring (bicyclic) bond motifs is 1. The molecule has 2 aliphatic rings. The molecule has 0 radical (unpaired) electrons. The highest BCUT2D eigenvalue weighted by Gasteiger charge is 2.43. The number of carbonyl (C=O) groups is 1. The highest BCUT2D eigenvalue weighted by Crippen LogP contribution is 2.43. The molecule has 3 rings (SSSR count). The summed E-state index contributed by atoms with van der Waals surface area (Å²) in [6, 6.07) is 3.19. The molecular weight excluding hydrogens is 310 g/mol. The average molecular weight is 329 g/mol. The lowest BCUT2D eigenvalue weighted by molar-refractivity contribution is -0.384. The smallest absolute Gasteiger partial charge is 0.297 e. The number of nitro groups is 1. The molecule has 1 aromatic carbocycles. The van der Waals surface area contributed by atoms with E-state index in [1.54, 1.807) is 19.9 Å². The van der Waals surface area contributed by atoms with E-state index in [0.717, 1.165) is 31.2 Å². The van der Waals surface area contributed by atoms with Crippen LogP contribution in [0.1, 0.15) is 36.8 Å². The SMILES string of the molecule is Cc1cc(C)c(N=NC2=C(O)C3CCCCC3C2=O)c([N+](=O)[O-])c1. The van der Waals surface area contributed by atoms with Crippen LogP contribution in [0.15, 0.2) is 33.8 Å². The molecule has 0 saturated heterocycles. The number of Topliss-reactive ketones (excluding diaryl/α,β-unsaturated/α-hetero) is 1. The van der Waals surface area contributed by atoms with Gasteiger partial charge in [0.2, 0.25) is 0 Å². The maximum Gasteiger partial charge on any atom is 0.297 e. The first kappa shape index (κ1) is 16.3. The molecule has 24 heavy (non-hydrogen) atoms. The van der Waals surface area contributed by atoms with E-state index < -0.39 is 4.92 Å². The van der Waals surface area contributed by atoms with E-state index in [2.05, 4.69) is 10.2 Å². The van der Waals surface area contributed by atoms with E-state index in [9.17, 15) is 20.0 Å². The van der Waals surface area contributed by atoms with Gasteiger partial charge in [0.15, 0.2) is 17.2 Å². The number of aryl methyl sites for hydroxylation is 2. The number of nitrogens with zero attached hydrogens (tertiary/aromatic N) is 3. The van der Waals surface area contributed by atoms with Crippen molar-refractivity contribution in [1.29, 1.82) is 0 Å². The first-order chi connectivity index (χ1) is 11.4. The van der Waals surface area contributed by atoms with Crippen LogP contribution < -0.4 is 0 Å². The Morgan fingerprint density at radius 1 is 1.17 bits per heavy atom. The molecule has 2 unspecified atom stereocenters. The number of nitro benzene ring substituents is 1. The lowest BCUT2D eigenvalue weighted by atomic mass is 9.80. The van der Waals surface area contributed by atoms with E-state index in [-0.39, 0.29) is 40.5 Å². The fourth-order valence-corrected chi connectivity index (χ4v) is 3.66. The minimum absolute atomic E-state index is 0.0131. The van der Waals surface area contributed by atoms with Gasteiger partial charge < -0.3 is 5.11 Å². The van der Waals surface area contributed by atoms with Crippen LogP contribution in [0.25, 0.3) is 0 Å². The summed E-state index contributed by atoms with van der Waals surface area (Å²) in [6.07, 6.45) is 3.46. The van der Waals surface area contributed by atoms with Gasteiger partial charge in [0.1, 0.15) is 5.76 Å². The van der Waals surface area contributed by atoms with Crippen LogP contribution in [0.2, 0.25) is 0 Å². The largest absolute Gasteiger partial charge is 0.510 e. The predicted molar refractivity (Wildman–Crippen MR) is 87.2 cm³/mol. The highest BCUT2D eigenvalue weighted by molar-refractivity contribution is 6.00. The zero-order valence-electron chi connectivity index (χ0n) is 13.7. The number of aliphatic hydroxyl groups excluding tert-OH is 1. The van der Waals surface area contributed by atoms with E-state index >= 15 is 0 Å². The van der Waals surface area contributed by atoms with Gasteiger partial charge in [0, 0.05) is 17.9 Å². The molecule has 1 N–H and O–H groups in total. The summed E-state index contributed by atoms with van der Waals surface area (Å²) in [6.45, 7) is 3.47. The standard InChI is InChI=1S/C17H19N3O4/c1-9-7-10(2)14(13(8-9)20(23)24)18-19-15-16(21)11-5-3-4-6-12(11)17(15)22/h7-8,11-12,21H,3-6H2,1-2H3. The Labute approximate surface area is 139 Å². The summed E-state index contributed by atoms with van der Waals surface area (Å²) >= 11 is 0. The van der Waals surface area contributed by atoms with Crippen LogP contribution in [-0.2, 0) is 4.79 Å². The van der Waals surface area contributed by atoms with Crippen molar-refractivity contribution in [3.8, 4) is 0 Å². The van der Waals surface area contributed by atoms with Gasteiger partial charge in [0.25, 0.3) is 5.69 Å². The topological polar surface area (TPSA) is 105 Å². The number of azo groups is 1. The van der Waals surface area contributed by atoms with Crippen molar-refractivity contribution in [2.45, 2.75) is 39.5 Å². The second kappa shape index (κ2) is 6.14. The first-order valence-corrected chi connectivity index (χ1v) is 8.05. The van der Waals surface area contributed by atoms with Crippen molar-refractivity contribution in [2.24, 2.45) is 22.1 Å². The van der Waals surface area contributed by atoms with Gasteiger partial charge in [-0.25, -0.2) is 0 Å². The Morgan fingerprint density at radius 3 is 2.46 bits per heavy atom. The average Bonchev–Trinajstić information content (AvgIpc) is 2.78. The normalized spacial score (nSPS) is 23.8. The van der Waals surface area contributed by atoms with Crippen molar-refractivity contribution in [3.63, 3.8) is 0 Å². The molecule has 0 bridgehead atoms. The third kappa shape index (κ3) is 2.70. The molecule has 7 heteroatoms. The van der Waals surface area contributed by atoms with Crippen molar-refractivity contribution in [1.82, 2.24) is 0 Å². The first-order valence-electron chi connectivity index (χ1n) is 8.05. The Hall–Kier alpha value is -2.57. The summed E-state index contributed by atoms with van der Waals surface area (Å²) in [5.74, 6) is -0.606. The minimum Gasteiger partial charge on any atom is -0.510 e. The molecule has 1 saturated carbocycles. The van der Waals surface area contributed by atoms with Crippen LogP contribution >= 0.6 is 0 Å². The Balaban J connectivity index is 1.98. The number of ketones is 1. The molecule has 0 spiro atoms. The number of aliphatic hydroxyl groups is 1. The van der Waals surface area contributed by atoms with Crippen molar-refractivity contribution >= 4 is 17.2 Å².